The van der Waals surface area contributed by atoms with Gasteiger partial charge in [-0.3, -0.25) is 4.79 Å². The molecule has 3 N–H and O–H groups in total. The Kier molecular flexibility index (Phi) is 2.74. The van der Waals surface area contributed by atoms with Crippen LogP contribution >= 0.6 is 0 Å². The number of amides is 1. The quantitative estimate of drug-likeness (QED) is 0.822. The summed E-state index contributed by atoms with van der Waals surface area (Å²) in [7, 11) is 0. The largest absolute Gasteiger partial charge is 0.324 e. The number of carbonyl (C=O) groups excluding carboxylic acids is 1. The third-order valence-electron chi connectivity index (χ3n) is 3.25. The summed E-state index contributed by atoms with van der Waals surface area (Å²) in [5, 5.41) is 2.86. The van der Waals surface area contributed by atoms with E-state index in [4.69, 9.17) is 5.73 Å². The van der Waals surface area contributed by atoms with Crippen LogP contribution in [0.15, 0.2) is 24.3 Å². The third kappa shape index (κ3) is 2.67. The molecular weight excluding hydrogens is 212 g/mol. The first-order chi connectivity index (χ1) is 7.81. The minimum atomic E-state index is -0.608. The predicted molar refractivity (Wildman–Crippen MR) is 69.9 cm³/mol. The first kappa shape index (κ1) is 12.1. The Morgan fingerprint density at radius 1 is 1.24 bits per heavy atom. The molecule has 1 aliphatic carbocycles. The van der Waals surface area contributed by atoms with E-state index in [1.807, 2.05) is 24.3 Å². The van der Waals surface area contributed by atoms with Crippen molar-refractivity contribution in [3.05, 3.63) is 29.8 Å². The van der Waals surface area contributed by atoms with E-state index in [0.29, 0.717) is 0 Å². The van der Waals surface area contributed by atoms with Crippen LogP contribution in [0.1, 0.15) is 39.2 Å². The van der Waals surface area contributed by atoms with Crippen LogP contribution in [-0.4, -0.2) is 11.4 Å². The van der Waals surface area contributed by atoms with Crippen molar-refractivity contribution >= 4 is 11.6 Å². The number of hydrogen-bond acceptors (Lipinski definition) is 2. The van der Waals surface area contributed by atoms with Gasteiger partial charge < -0.3 is 11.1 Å². The van der Waals surface area contributed by atoms with Gasteiger partial charge in [-0.1, -0.05) is 32.9 Å². The Balaban J connectivity index is 2.06. The summed E-state index contributed by atoms with van der Waals surface area (Å²) in [6, 6.07) is 7.96. The highest BCUT2D eigenvalue weighted by molar-refractivity contribution is 6.00. The van der Waals surface area contributed by atoms with Gasteiger partial charge in [0.05, 0.1) is 5.54 Å². The molecule has 1 fully saturated rings. The average molecular weight is 232 g/mol. The number of hydrogen-bond donors (Lipinski definition) is 2. The van der Waals surface area contributed by atoms with Gasteiger partial charge in [-0.05, 0) is 36.0 Å². The normalized spacial score (nSPS) is 17.6. The van der Waals surface area contributed by atoms with Gasteiger partial charge in [0.2, 0.25) is 5.91 Å². The lowest BCUT2D eigenvalue weighted by atomic mass is 9.87. The summed E-state index contributed by atoms with van der Waals surface area (Å²) >= 11 is 0. The van der Waals surface area contributed by atoms with Crippen LogP contribution in [0.5, 0.6) is 0 Å². The maximum atomic E-state index is 11.7. The molecule has 3 nitrogen and oxygen atoms in total. The maximum Gasteiger partial charge on any atom is 0.244 e. The molecule has 0 aliphatic heterocycles. The fourth-order valence-corrected chi connectivity index (χ4v) is 1.67. The van der Waals surface area contributed by atoms with Crippen LogP contribution in [0.3, 0.4) is 0 Å². The molecule has 0 atom stereocenters. The molecule has 1 aromatic rings. The van der Waals surface area contributed by atoms with Crippen LogP contribution in [0, 0.1) is 0 Å². The highest BCUT2D eigenvalue weighted by Gasteiger charge is 2.45. The highest BCUT2D eigenvalue weighted by atomic mass is 16.2. The molecule has 0 unspecified atom stereocenters. The van der Waals surface area contributed by atoms with Crippen LogP contribution < -0.4 is 11.1 Å². The summed E-state index contributed by atoms with van der Waals surface area (Å²) in [6.07, 6.45) is 1.58. The number of nitrogens with one attached hydrogen (secondary N) is 1. The summed E-state index contributed by atoms with van der Waals surface area (Å²) in [4.78, 5) is 11.7. The van der Waals surface area contributed by atoms with Crippen molar-refractivity contribution in [2.75, 3.05) is 5.32 Å². The lowest BCUT2D eigenvalue weighted by Gasteiger charge is -2.19. The van der Waals surface area contributed by atoms with E-state index in [1.165, 1.54) is 5.56 Å². The van der Waals surface area contributed by atoms with Crippen molar-refractivity contribution in [2.45, 2.75) is 44.6 Å². The van der Waals surface area contributed by atoms with Gasteiger partial charge in [-0.15, -0.1) is 0 Å². The van der Waals surface area contributed by atoms with E-state index in [1.54, 1.807) is 0 Å². The zero-order valence-corrected chi connectivity index (χ0v) is 10.7. The summed E-state index contributed by atoms with van der Waals surface area (Å²) in [6.45, 7) is 6.50. The Hall–Kier alpha value is -1.35. The molecular formula is C14H20N2O. The van der Waals surface area contributed by atoms with Gasteiger partial charge in [0.25, 0.3) is 0 Å². The molecule has 0 saturated heterocycles. The van der Waals surface area contributed by atoms with E-state index in [-0.39, 0.29) is 11.3 Å². The second kappa shape index (κ2) is 3.84. The Morgan fingerprint density at radius 2 is 1.76 bits per heavy atom. The number of anilines is 1. The zero-order chi connectivity index (χ0) is 12.7. The lowest BCUT2D eigenvalue weighted by molar-refractivity contribution is -0.118. The molecule has 3 heteroatoms. The van der Waals surface area contributed by atoms with Crippen molar-refractivity contribution < 1.29 is 4.79 Å². The van der Waals surface area contributed by atoms with Crippen LogP contribution in [-0.2, 0) is 10.2 Å². The standard InChI is InChI=1S/C14H20N2O/c1-13(2,3)10-4-6-11(7-5-10)16-12(17)14(15)8-9-14/h4-7H,8-9,15H2,1-3H3,(H,16,17). The van der Waals surface area contributed by atoms with E-state index < -0.39 is 5.54 Å². The molecule has 2 rings (SSSR count). The number of nitrogens with two attached hydrogens (primary N) is 1. The van der Waals surface area contributed by atoms with E-state index >= 15 is 0 Å². The summed E-state index contributed by atoms with van der Waals surface area (Å²) in [5.74, 6) is -0.0685. The van der Waals surface area contributed by atoms with Gasteiger partial charge in [-0.25, -0.2) is 0 Å². The maximum absolute atomic E-state index is 11.7. The van der Waals surface area contributed by atoms with Crippen molar-refractivity contribution in [1.29, 1.82) is 0 Å². The minimum Gasteiger partial charge on any atom is -0.324 e. The van der Waals surface area contributed by atoms with Crippen LogP contribution in [0.4, 0.5) is 5.69 Å². The summed E-state index contributed by atoms with van der Waals surface area (Å²) < 4.78 is 0. The molecule has 1 aromatic carbocycles. The predicted octanol–water partition coefficient (Wildman–Crippen LogP) is 2.41. The van der Waals surface area contributed by atoms with Gasteiger partial charge in [0.1, 0.15) is 0 Å². The first-order valence-corrected chi connectivity index (χ1v) is 6.02. The smallest absolute Gasteiger partial charge is 0.244 e. The van der Waals surface area contributed by atoms with Gasteiger partial charge >= 0.3 is 0 Å². The second-order valence-electron chi connectivity index (χ2n) is 5.94. The SMILES string of the molecule is CC(C)(C)c1ccc(NC(=O)C2(N)CC2)cc1. The Labute approximate surface area is 102 Å². The molecule has 0 bridgehead atoms. The molecule has 17 heavy (non-hydrogen) atoms. The number of benzene rings is 1. The molecule has 0 heterocycles. The van der Waals surface area contributed by atoms with Gasteiger partial charge in [0, 0.05) is 5.69 Å². The lowest BCUT2D eigenvalue weighted by Crippen LogP contribution is -2.37. The topological polar surface area (TPSA) is 55.1 Å². The summed E-state index contributed by atoms with van der Waals surface area (Å²) in [5.41, 5.74) is 7.42. The molecule has 1 aliphatic rings. The van der Waals surface area contributed by atoms with E-state index in [9.17, 15) is 4.79 Å². The third-order valence-corrected chi connectivity index (χ3v) is 3.25. The van der Waals surface area contributed by atoms with Crippen molar-refractivity contribution in [3.8, 4) is 0 Å². The molecule has 1 amide bonds. The Morgan fingerprint density at radius 3 is 2.18 bits per heavy atom. The molecule has 1 saturated carbocycles. The van der Waals surface area contributed by atoms with Gasteiger partial charge in [-0.2, -0.15) is 0 Å². The fourth-order valence-electron chi connectivity index (χ4n) is 1.67. The zero-order valence-electron chi connectivity index (χ0n) is 10.7. The first-order valence-electron chi connectivity index (χ1n) is 6.02. The monoisotopic (exact) mass is 232 g/mol. The highest BCUT2D eigenvalue weighted by Crippen LogP contribution is 2.33. The van der Waals surface area contributed by atoms with Crippen molar-refractivity contribution in [1.82, 2.24) is 0 Å². The van der Waals surface area contributed by atoms with E-state index in [0.717, 1.165) is 18.5 Å². The molecule has 0 aromatic heterocycles. The van der Waals surface area contributed by atoms with Crippen molar-refractivity contribution in [3.63, 3.8) is 0 Å². The van der Waals surface area contributed by atoms with Crippen LogP contribution in [0.25, 0.3) is 0 Å². The van der Waals surface area contributed by atoms with Crippen LogP contribution in [0.2, 0.25) is 0 Å². The molecule has 92 valence electrons. The number of rotatable bonds is 2. The second-order valence-corrected chi connectivity index (χ2v) is 5.94. The molecule has 0 radical (unpaired) electrons. The average Bonchev–Trinajstić information content (AvgIpc) is 2.97. The Bertz CT molecular complexity index is 425. The van der Waals surface area contributed by atoms with E-state index in [2.05, 4.69) is 26.1 Å². The number of carbonyl (C=O) groups is 1. The minimum absolute atomic E-state index is 0.0685. The fraction of sp³-hybridized carbons (Fsp3) is 0.500. The van der Waals surface area contributed by atoms with Crippen molar-refractivity contribution in [2.24, 2.45) is 5.73 Å². The molecule has 0 spiro atoms. The van der Waals surface area contributed by atoms with Gasteiger partial charge in [0.15, 0.2) is 0 Å².